The van der Waals surface area contributed by atoms with Crippen molar-refractivity contribution in [3.63, 3.8) is 0 Å². The lowest BCUT2D eigenvalue weighted by molar-refractivity contribution is -0.116. The van der Waals surface area contributed by atoms with E-state index in [9.17, 15) is 9.59 Å². The highest BCUT2D eigenvalue weighted by molar-refractivity contribution is 7.14. The van der Waals surface area contributed by atoms with E-state index in [2.05, 4.69) is 15.6 Å². The molecule has 0 aliphatic rings. The first kappa shape index (κ1) is 13.7. The summed E-state index contributed by atoms with van der Waals surface area (Å²) in [5.41, 5.74) is 0.881. The van der Waals surface area contributed by atoms with Gasteiger partial charge in [-0.15, -0.1) is 22.7 Å². The summed E-state index contributed by atoms with van der Waals surface area (Å²) in [5, 5.41) is 9.69. The Balaban J connectivity index is 1.71. The van der Waals surface area contributed by atoms with Crippen LogP contribution in [-0.2, 0) is 4.79 Å². The summed E-state index contributed by atoms with van der Waals surface area (Å²) in [6, 6.07) is 3.56. The molecule has 0 bridgehead atoms. The molecule has 0 atom stereocenters. The van der Waals surface area contributed by atoms with Crippen LogP contribution in [0.4, 0.5) is 5.13 Å². The minimum atomic E-state index is -0.152. The highest BCUT2D eigenvalue weighted by Gasteiger charge is 2.08. The normalized spacial score (nSPS) is 10.2. The number of amides is 2. The van der Waals surface area contributed by atoms with Crippen molar-refractivity contribution in [1.29, 1.82) is 0 Å². The van der Waals surface area contributed by atoms with Crippen molar-refractivity contribution in [2.24, 2.45) is 0 Å². The van der Waals surface area contributed by atoms with Crippen molar-refractivity contribution in [3.8, 4) is 0 Å². The fraction of sp³-hybridized carbons (Fsp3) is 0.250. The van der Waals surface area contributed by atoms with E-state index in [1.165, 1.54) is 22.7 Å². The zero-order valence-corrected chi connectivity index (χ0v) is 11.9. The maximum Gasteiger partial charge on any atom is 0.261 e. The molecule has 2 heterocycles. The number of nitrogens with zero attached hydrogens (tertiary/aromatic N) is 1. The van der Waals surface area contributed by atoms with E-state index < -0.39 is 0 Å². The Bertz CT molecular complexity index is 563. The molecule has 0 aromatic carbocycles. The third-order valence-corrected chi connectivity index (χ3v) is 3.99. The van der Waals surface area contributed by atoms with Gasteiger partial charge in [0.15, 0.2) is 5.13 Å². The number of carbonyl (C=O) groups is 2. The molecule has 0 spiro atoms. The Morgan fingerprint density at radius 2 is 2.21 bits per heavy atom. The van der Waals surface area contributed by atoms with Crippen LogP contribution < -0.4 is 10.6 Å². The molecule has 0 aliphatic carbocycles. The van der Waals surface area contributed by atoms with Crippen LogP contribution in [0.15, 0.2) is 22.9 Å². The van der Waals surface area contributed by atoms with Crippen LogP contribution >= 0.6 is 22.7 Å². The quantitative estimate of drug-likeness (QED) is 0.889. The first-order chi connectivity index (χ1) is 9.15. The Hall–Kier alpha value is -1.73. The largest absolute Gasteiger partial charge is 0.351 e. The molecule has 2 aromatic heterocycles. The minimum Gasteiger partial charge on any atom is -0.351 e. The monoisotopic (exact) mass is 295 g/mol. The van der Waals surface area contributed by atoms with Gasteiger partial charge in [0, 0.05) is 18.3 Å². The van der Waals surface area contributed by atoms with E-state index in [0.29, 0.717) is 16.6 Å². The number of thiazole rings is 1. The van der Waals surface area contributed by atoms with Crippen LogP contribution in [-0.4, -0.2) is 23.3 Å². The summed E-state index contributed by atoms with van der Waals surface area (Å²) >= 11 is 2.76. The molecule has 0 fully saturated rings. The third-order valence-electron chi connectivity index (χ3n) is 2.25. The number of hydrogen-bond donors (Lipinski definition) is 2. The lowest BCUT2D eigenvalue weighted by Crippen LogP contribution is -2.27. The van der Waals surface area contributed by atoms with Crippen molar-refractivity contribution >= 4 is 39.6 Å². The fourth-order valence-electron chi connectivity index (χ4n) is 1.38. The van der Waals surface area contributed by atoms with E-state index in [4.69, 9.17) is 0 Å². The van der Waals surface area contributed by atoms with Gasteiger partial charge in [-0.05, 0) is 18.4 Å². The van der Waals surface area contributed by atoms with Crippen LogP contribution in [0.2, 0.25) is 0 Å². The van der Waals surface area contributed by atoms with Crippen molar-refractivity contribution in [3.05, 3.63) is 33.5 Å². The van der Waals surface area contributed by atoms with E-state index >= 15 is 0 Å². The second-order valence-corrected chi connectivity index (χ2v) is 5.63. The molecule has 100 valence electrons. The second kappa shape index (κ2) is 6.44. The molecule has 2 rings (SSSR count). The number of aryl methyl sites for hydroxylation is 1. The summed E-state index contributed by atoms with van der Waals surface area (Å²) in [5.74, 6) is -0.297. The van der Waals surface area contributed by atoms with Crippen LogP contribution in [0.5, 0.6) is 0 Å². The maximum atomic E-state index is 11.6. The molecular formula is C12H13N3O2S2. The van der Waals surface area contributed by atoms with Gasteiger partial charge >= 0.3 is 0 Å². The van der Waals surface area contributed by atoms with Gasteiger partial charge in [0.05, 0.1) is 10.6 Å². The molecule has 5 nitrogen and oxygen atoms in total. The summed E-state index contributed by atoms with van der Waals surface area (Å²) < 4.78 is 0. The van der Waals surface area contributed by atoms with Gasteiger partial charge < -0.3 is 10.6 Å². The summed E-state index contributed by atoms with van der Waals surface area (Å²) in [6.07, 6.45) is 0.232. The van der Waals surface area contributed by atoms with Gasteiger partial charge in [-0.3, -0.25) is 9.59 Å². The molecule has 19 heavy (non-hydrogen) atoms. The SMILES string of the molecule is Cc1csc(NC(=O)CCNC(=O)c2cccs2)n1. The van der Waals surface area contributed by atoms with Gasteiger partial charge in [0.25, 0.3) is 5.91 Å². The van der Waals surface area contributed by atoms with Crippen molar-refractivity contribution in [1.82, 2.24) is 10.3 Å². The van der Waals surface area contributed by atoms with E-state index in [0.717, 1.165) is 5.69 Å². The topological polar surface area (TPSA) is 71.1 Å². The maximum absolute atomic E-state index is 11.6. The van der Waals surface area contributed by atoms with Crippen LogP contribution in [0, 0.1) is 6.92 Å². The third kappa shape index (κ3) is 4.15. The highest BCUT2D eigenvalue weighted by atomic mass is 32.1. The Morgan fingerprint density at radius 1 is 1.37 bits per heavy atom. The van der Waals surface area contributed by atoms with Gasteiger partial charge in [-0.2, -0.15) is 0 Å². The predicted molar refractivity (Wildman–Crippen MR) is 76.7 cm³/mol. The molecule has 0 saturated heterocycles. The fourth-order valence-corrected chi connectivity index (χ4v) is 2.72. The van der Waals surface area contributed by atoms with Crippen LogP contribution in [0.3, 0.4) is 0 Å². The predicted octanol–water partition coefficient (Wildman–Crippen LogP) is 2.27. The number of aromatic nitrogens is 1. The smallest absolute Gasteiger partial charge is 0.261 e. The highest BCUT2D eigenvalue weighted by Crippen LogP contribution is 2.14. The number of nitrogens with one attached hydrogen (secondary N) is 2. The van der Waals surface area contributed by atoms with E-state index in [1.54, 1.807) is 6.07 Å². The Labute approximate surface area is 118 Å². The molecule has 0 radical (unpaired) electrons. The lowest BCUT2D eigenvalue weighted by Gasteiger charge is -2.03. The molecule has 2 aromatic rings. The van der Waals surface area contributed by atoms with Crippen molar-refractivity contribution < 1.29 is 9.59 Å². The first-order valence-electron chi connectivity index (χ1n) is 5.69. The summed E-state index contributed by atoms with van der Waals surface area (Å²) in [7, 11) is 0. The number of rotatable bonds is 5. The number of hydrogen-bond acceptors (Lipinski definition) is 5. The average molecular weight is 295 g/mol. The zero-order chi connectivity index (χ0) is 13.7. The molecule has 0 saturated carbocycles. The molecule has 0 aliphatic heterocycles. The summed E-state index contributed by atoms with van der Waals surface area (Å²) in [4.78, 5) is 28.0. The van der Waals surface area contributed by atoms with Crippen molar-refractivity contribution in [2.75, 3.05) is 11.9 Å². The van der Waals surface area contributed by atoms with Crippen LogP contribution in [0.25, 0.3) is 0 Å². The Morgan fingerprint density at radius 3 is 2.84 bits per heavy atom. The standard InChI is InChI=1S/C12H13N3O2S2/c1-8-7-19-12(14-8)15-10(16)4-5-13-11(17)9-3-2-6-18-9/h2-3,6-7H,4-5H2,1H3,(H,13,17)(H,14,15,16). The molecular weight excluding hydrogens is 282 g/mol. The van der Waals surface area contributed by atoms with Crippen LogP contribution in [0.1, 0.15) is 21.8 Å². The lowest BCUT2D eigenvalue weighted by atomic mass is 10.4. The second-order valence-electron chi connectivity index (χ2n) is 3.83. The molecule has 2 amide bonds. The van der Waals surface area contributed by atoms with Gasteiger partial charge in [0.1, 0.15) is 0 Å². The van der Waals surface area contributed by atoms with Gasteiger partial charge in [0.2, 0.25) is 5.91 Å². The summed E-state index contributed by atoms with van der Waals surface area (Å²) in [6.45, 7) is 2.18. The van der Waals surface area contributed by atoms with E-state index in [1.807, 2.05) is 23.8 Å². The Kier molecular flexibility index (Phi) is 4.64. The average Bonchev–Trinajstić information content (AvgIpc) is 3.00. The molecule has 7 heteroatoms. The van der Waals surface area contributed by atoms with Gasteiger partial charge in [-0.1, -0.05) is 6.07 Å². The molecule has 2 N–H and O–H groups in total. The number of thiophene rings is 1. The minimum absolute atomic E-state index is 0.145. The zero-order valence-electron chi connectivity index (χ0n) is 10.3. The molecule has 0 unspecified atom stereocenters. The number of anilines is 1. The van der Waals surface area contributed by atoms with E-state index in [-0.39, 0.29) is 18.2 Å². The number of carbonyl (C=O) groups excluding carboxylic acids is 2. The first-order valence-corrected chi connectivity index (χ1v) is 7.45. The van der Waals surface area contributed by atoms with Gasteiger partial charge in [-0.25, -0.2) is 4.98 Å². The van der Waals surface area contributed by atoms with Crippen molar-refractivity contribution in [2.45, 2.75) is 13.3 Å².